The zero-order valence-corrected chi connectivity index (χ0v) is 14.6. The molecule has 1 aliphatic rings. The van der Waals surface area contributed by atoms with Crippen molar-refractivity contribution in [1.82, 2.24) is 4.98 Å². The third kappa shape index (κ3) is 3.26. The quantitative estimate of drug-likeness (QED) is 0.659. The molecule has 0 saturated carbocycles. The zero-order valence-electron chi connectivity index (χ0n) is 13.7. The minimum absolute atomic E-state index is 0.364. The van der Waals surface area contributed by atoms with Crippen LogP contribution in [0, 0.1) is 0 Å². The number of hydrogen-bond acceptors (Lipinski definition) is 6. The minimum Gasteiger partial charge on any atom is -0.493 e. The van der Waals surface area contributed by atoms with Crippen molar-refractivity contribution < 1.29 is 14.0 Å². The summed E-state index contributed by atoms with van der Waals surface area (Å²) in [5.41, 5.74) is 6.77. The summed E-state index contributed by atoms with van der Waals surface area (Å²) in [6.07, 6.45) is 3.64. The molecule has 0 spiro atoms. The Morgan fingerprint density at radius 2 is 1.95 bits per heavy atom. The van der Waals surface area contributed by atoms with E-state index < -0.39 is 7.12 Å². The van der Waals surface area contributed by atoms with Crippen LogP contribution in [-0.4, -0.2) is 36.2 Å². The molecule has 1 saturated heterocycles. The summed E-state index contributed by atoms with van der Waals surface area (Å²) in [6.45, 7) is 8.10. The Hall–Kier alpha value is -1.18. The monoisotopic (exact) mass is 322 g/mol. The van der Waals surface area contributed by atoms with Crippen LogP contribution in [0.25, 0.3) is 6.08 Å². The molecule has 0 unspecified atom stereocenters. The summed E-state index contributed by atoms with van der Waals surface area (Å²) in [4.78, 5) is 4.12. The van der Waals surface area contributed by atoms with Gasteiger partial charge in [0, 0.05) is 11.9 Å². The van der Waals surface area contributed by atoms with E-state index in [2.05, 4.69) is 17.6 Å². The standard InChI is InChI=1S/C15H23BN2O3S/c1-14(2)15(3,4)21-16(20-14)11(9-22)6-10-7-12(19-5)13(17)18-8-10/h6-8,22H,9H2,1-5H3,(H2,17,18). The average Bonchev–Trinajstić information content (AvgIpc) is 2.66. The maximum Gasteiger partial charge on any atom is 0.491 e. The number of methoxy groups -OCH3 is 1. The van der Waals surface area contributed by atoms with Crippen LogP contribution in [0.1, 0.15) is 33.3 Å². The molecule has 22 heavy (non-hydrogen) atoms. The van der Waals surface area contributed by atoms with Crippen LogP contribution in [-0.2, 0) is 9.31 Å². The van der Waals surface area contributed by atoms with Crippen LogP contribution in [0.4, 0.5) is 5.82 Å². The molecule has 0 aromatic carbocycles. The molecular formula is C15H23BN2O3S. The molecule has 0 atom stereocenters. The first-order chi connectivity index (χ1) is 10.2. The van der Waals surface area contributed by atoms with Gasteiger partial charge in [-0.15, -0.1) is 0 Å². The van der Waals surface area contributed by atoms with E-state index in [1.165, 1.54) is 0 Å². The van der Waals surface area contributed by atoms with Crippen LogP contribution in [0.15, 0.2) is 17.7 Å². The highest BCUT2D eigenvalue weighted by Crippen LogP contribution is 2.39. The maximum atomic E-state index is 6.05. The van der Waals surface area contributed by atoms with Crippen molar-refractivity contribution in [3.05, 3.63) is 23.3 Å². The van der Waals surface area contributed by atoms with Crippen LogP contribution in [0.2, 0.25) is 0 Å². The van der Waals surface area contributed by atoms with E-state index in [9.17, 15) is 0 Å². The van der Waals surface area contributed by atoms with Gasteiger partial charge in [0.15, 0.2) is 11.6 Å². The highest BCUT2D eigenvalue weighted by molar-refractivity contribution is 7.80. The number of ether oxygens (including phenoxy) is 1. The topological polar surface area (TPSA) is 66.6 Å². The van der Waals surface area contributed by atoms with Crippen molar-refractivity contribution in [3.63, 3.8) is 0 Å². The van der Waals surface area contributed by atoms with Gasteiger partial charge in [0.2, 0.25) is 0 Å². The van der Waals surface area contributed by atoms with Gasteiger partial charge in [-0.3, -0.25) is 0 Å². The van der Waals surface area contributed by atoms with Crippen molar-refractivity contribution in [2.75, 3.05) is 18.6 Å². The molecule has 0 aliphatic carbocycles. The number of pyridine rings is 1. The molecule has 2 heterocycles. The Labute approximate surface area is 137 Å². The maximum absolute atomic E-state index is 6.05. The first-order valence-electron chi connectivity index (χ1n) is 7.16. The molecule has 1 aromatic heterocycles. The van der Waals surface area contributed by atoms with E-state index in [1.807, 2.05) is 39.8 Å². The second-order valence-corrected chi connectivity index (χ2v) is 6.64. The largest absolute Gasteiger partial charge is 0.493 e. The SMILES string of the molecule is COc1cc(C=C(CS)B2OC(C)(C)C(C)(C)O2)cnc1N. The van der Waals surface area contributed by atoms with Crippen LogP contribution >= 0.6 is 12.6 Å². The van der Waals surface area contributed by atoms with E-state index in [1.54, 1.807) is 13.3 Å². The molecule has 2 N–H and O–H groups in total. The number of anilines is 1. The Morgan fingerprint density at radius 3 is 2.45 bits per heavy atom. The normalized spacial score (nSPS) is 20.3. The lowest BCUT2D eigenvalue weighted by Crippen LogP contribution is -2.41. The van der Waals surface area contributed by atoms with Crippen molar-refractivity contribution in [2.24, 2.45) is 0 Å². The van der Waals surface area contributed by atoms with Crippen LogP contribution < -0.4 is 10.5 Å². The minimum atomic E-state index is -0.425. The van der Waals surface area contributed by atoms with Crippen LogP contribution in [0.5, 0.6) is 5.75 Å². The highest BCUT2D eigenvalue weighted by atomic mass is 32.1. The molecule has 2 rings (SSSR count). The lowest BCUT2D eigenvalue weighted by atomic mass is 9.78. The first-order valence-corrected chi connectivity index (χ1v) is 7.80. The van der Waals surface area contributed by atoms with Gasteiger partial charge in [-0.25, -0.2) is 4.98 Å². The second kappa shape index (κ2) is 6.14. The van der Waals surface area contributed by atoms with Gasteiger partial charge in [-0.1, -0.05) is 6.08 Å². The number of rotatable bonds is 4. The Kier molecular flexibility index (Phi) is 4.80. The molecular weight excluding hydrogens is 299 g/mol. The predicted octanol–water partition coefficient (Wildman–Crippen LogP) is 2.62. The van der Waals surface area contributed by atoms with Gasteiger partial charge in [0.05, 0.1) is 18.3 Å². The van der Waals surface area contributed by atoms with E-state index in [4.69, 9.17) is 19.8 Å². The summed E-state index contributed by atoms with van der Waals surface area (Å²) in [5.74, 6) is 1.42. The zero-order chi connectivity index (χ0) is 16.5. The molecule has 1 aliphatic heterocycles. The molecule has 7 heteroatoms. The van der Waals surface area contributed by atoms with Gasteiger partial charge < -0.3 is 19.8 Å². The fraction of sp³-hybridized carbons (Fsp3) is 0.533. The Bertz CT molecular complexity index is 574. The smallest absolute Gasteiger partial charge is 0.491 e. The van der Waals surface area contributed by atoms with Crippen LogP contribution in [0.3, 0.4) is 0 Å². The molecule has 1 aromatic rings. The van der Waals surface area contributed by atoms with E-state index in [0.29, 0.717) is 17.3 Å². The van der Waals surface area contributed by atoms with E-state index in [-0.39, 0.29) is 11.2 Å². The lowest BCUT2D eigenvalue weighted by Gasteiger charge is -2.32. The predicted molar refractivity (Wildman–Crippen MR) is 93.1 cm³/mol. The second-order valence-electron chi connectivity index (χ2n) is 6.32. The number of hydrogen-bond donors (Lipinski definition) is 2. The van der Waals surface area contributed by atoms with Crippen molar-refractivity contribution in [3.8, 4) is 5.75 Å². The van der Waals surface area contributed by atoms with Crippen molar-refractivity contribution >= 4 is 31.6 Å². The number of thiol groups is 1. The van der Waals surface area contributed by atoms with Gasteiger partial charge in [-0.05, 0) is 44.8 Å². The van der Waals surface area contributed by atoms with Crippen molar-refractivity contribution in [2.45, 2.75) is 38.9 Å². The fourth-order valence-electron chi connectivity index (χ4n) is 2.11. The molecule has 0 radical (unpaired) electrons. The summed E-state index contributed by atoms with van der Waals surface area (Å²) < 4.78 is 17.3. The highest BCUT2D eigenvalue weighted by Gasteiger charge is 2.52. The number of nitrogens with zero attached hydrogens (tertiary/aromatic N) is 1. The third-order valence-electron chi connectivity index (χ3n) is 4.21. The molecule has 120 valence electrons. The Balaban J connectivity index is 2.29. The first kappa shape index (κ1) is 17.2. The van der Waals surface area contributed by atoms with Gasteiger partial charge >= 0.3 is 7.12 Å². The summed E-state index contributed by atoms with van der Waals surface area (Å²) in [7, 11) is 1.14. The van der Waals surface area contributed by atoms with Gasteiger partial charge in [-0.2, -0.15) is 12.6 Å². The molecule has 1 fully saturated rings. The lowest BCUT2D eigenvalue weighted by molar-refractivity contribution is 0.00578. The molecule has 0 bridgehead atoms. The summed E-state index contributed by atoms with van der Waals surface area (Å²) >= 11 is 4.40. The van der Waals surface area contributed by atoms with E-state index >= 15 is 0 Å². The fourth-order valence-corrected chi connectivity index (χ4v) is 2.35. The molecule has 0 amide bonds. The number of nitrogens with two attached hydrogens (primary N) is 1. The van der Waals surface area contributed by atoms with Crippen molar-refractivity contribution in [1.29, 1.82) is 0 Å². The molecule has 5 nitrogen and oxygen atoms in total. The van der Waals surface area contributed by atoms with Gasteiger partial charge in [0.25, 0.3) is 0 Å². The van der Waals surface area contributed by atoms with Gasteiger partial charge in [0.1, 0.15) is 0 Å². The number of aromatic nitrogens is 1. The summed E-state index contributed by atoms with van der Waals surface area (Å²) in [6, 6.07) is 1.83. The third-order valence-corrected chi connectivity index (χ3v) is 4.58. The summed E-state index contributed by atoms with van der Waals surface area (Å²) in [5, 5.41) is 0. The Morgan fingerprint density at radius 1 is 1.36 bits per heavy atom. The number of nitrogen functional groups attached to an aromatic ring is 1. The average molecular weight is 322 g/mol. The van der Waals surface area contributed by atoms with E-state index in [0.717, 1.165) is 11.0 Å².